The van der Waals surface area contributed by atoms with Gasteiger partial charge in [-0.2, -0.15) is 0 Å². The Hall–Kier alpha value is -2.36. The molecule has 0 saturated heterocycles. The van der Waals surface area contributed by atoms with Crippen molar-refractivity contribution in [2.24, 2.45) is 0 Å². The molecule has 0 unspecified atom stereocenters. The number of para-hydroxylation sites is 1. The summed E-state index contributed by atoms with van der Waals surface area (Å²) >= 11 is 0. The SMILES string of the molecule is CCN(Cc1ccc(C(=O)O)cc1C)c1ccccc1F. The Bertz CT molecular complexity index is 655. The number of hydrogen-bond acceptors (Lipinski definition) is 2. The first-order chi connectivity index (χ1) is 10.0. The zero-order valence-electron chi connectivity index (χ0n) is 12.1. The van der Waals surface area contributed by atoms with Gasteiger partial charge in [-0.25, -0.2) is 9.18 Å². The molecule has 0 fully saturated rings. The second-order valence-corrected chi connectivity index (χ2v) is 4.91. The maximum atomic E-state index is 13.9. The average molecular weight is 287 g/mol. The maximum Gasteiger partial charge on any atom is 0.335 e. The molecule has 0 aliphatic heterocycles. The molecule has 0 radical (unpaired) electrons. The Balaban J connectivity index is 2.27. The highest BCUT2D eigenvalue weighted by Crippen LogP contribution is 2.22. The number of benzene rings is 2. The van der Waals surface area contributed by atoms with Crippen molar-refractivity contribution in [1.82, 2.24) is 0 Å². The van der Waals surface area contributed by atoms with Crippen LogP contribution >= 0.6 is 0 Å². The molecule has 0 saturated carbocycles. The van der Waals surface area contributed by atoms with Gasteiger partial charge in [-0.05, 0) is 49.2 Å². The van der Waals surface area contributed by atoms with Crippen LogP contribution in [0.25, 0.3) is 0 Å². The van der Waals surface area contributed by atoms with Crippen molar-refractivity contribution in [2.45, 2.75) is 20.4 Å². The molecule has 0 aromatic heterocycles. The summed E-state index contributed by atoms with van der Waals surface area (Å²) in [5, 5.41) is 8.98. The maximum absolute atomic E-state index is 13.9. The molecule has 4 heteroatoms. The van der Waals surface area contributed by atoms with Crippen LogP contribution in [0.4, 0.5) is 10.1 Å². The molecule has 0 bridgehead atoms. The van der Waals surface area contributed by atoms with E-state index >= 15 is 0 Å². The summed E-state index contributed by atoms with van der Waals surface area (Å²) in [5.41, 5.74) is 2.71. The molecule has 110 valence electrons. The quantitative estimate of drug-likeness (QED) is 0.907. The normalized spacial score (nSPS) is 10.4. The Kier molecular flexibility index (Phi) is 4.58. The Morgan fingerprint density at radius 2 is 1.95 bits per heavy atom. The summed E-state index contributed by atoms with van der Waals surface area (Å²) in [6.07, 6.45) is 0. The number of aryl methyl sites for hydroxylation is 1. The van der Waals surface area contributed by atoms with Gasteiger partial charge in [0, 0.05) is 13.1 Å². The third-order valence-corrected chi connectivity index (χ3v) is 3.53. The summed E-state index contributed by atoms with van der Waals surface area (Å²) in [6, 6.07) is 11.7. The van der Waals surface area contributed by atoms with Gasteiger partial charge in [0.05, 0.1) is 11.3 Å². The largest absolute Gasteiger partial charge is 0.478 e. The zero-order valence-corrected chi connectivity index (χ0v) is 12.1. The standard InChI is InChI=1S/C17H18FNO2/c1-3-19(16-7-5-4-6-15(16)18)11-14-9-8-13(17(20)21)10-12(14)2/h4-10H,3,11H2,1-2H3,(H,20,21). The van der Waals surface area contributed by atoms with Crippen molar-refractivity contribution in [2.75, 3.05) is 11.4 Å². The van der Waals surface area contributed by atoms with Crippen molar-refractivity contribution < 1.29 is 14.3 Å². The van der Waals surface area contributed by atoms with Crippen LogP contribution in [-0.2, 0) is 6.54 Å². The summed E-state index contributed by atoms with van der Waals surface area (Å²) in [6.45, 7) is 5.05. The van der Waals surface area contributed by atoms with E-state index in [2.05, 4.69) is 0 Å². The van der Waals surface area contributed by atoms with E-state index in [1.165, 1.54) is 6.07 Å². The van der Waals surface area contributed by atoms with E-state index in [1.807, 2.05) is 24.8 Å². The molecular weight excluding hydrogens is 269 g/mol. The Morgan fingerprint density at radius 3 is 2.52 bits per heavy atom. The van der Waals surface area contributed by atoms with E-state index in [0.717, 1.165) is 11.1 Å². The summed E-state index contributed by atoms with van der Waals surface area (Å²) < 4.78 is 13.9. The van der Waals surface area contributed by atoms with Crippen LogP contribution in [0.1, 0.15) is 28.4 Å². The topological polar surface area (TPSA) is 40.5 Å². The predicted octanol–water partition coefficient (Wildman–Crippen LogP) is 3.86. The minimum Gasteiger partial charge on any atom is -0.478 e. The smallest absolute Gasteiger partial charge is 0.335 e. The average Bonchev–Trinajstić information content (AvgIpc) is 2.47. The van der Waals surface area contributed by atoms with Gasteiger partial charge in [0.2, 0.25) is 0 Å². The van der Waals surface area contributed by atoms with Crippen molar-refractivity contribution >= 4 is 11.7 Å². The fourth-order valence-electron chi connectivity index (χ4n) is 2.29. The second kappa shape index (κ2) is 6.39. The fourth-order valence-corrected chi connectivity index (χ4v) is 2.29. The molecule has 2 aromatic rings. The molecule has 0 atom stereocenters. The van der Waals surface area contributed by atoms with E-state index in [4.69, 9.17) is 5.11 Å². The minimum absolute atomic E-state index is 0.251. The molecule has 0 amide bonds. The third-order valence-electron chi connectivity index (χ3n) is 3.53. The van der Waals surface area contributed by atoms with Gasteiger partial charge in [0.25, 0.3) is 0 Å². The molecule has 2 rings (SSSR count). The second-order valence-electron chi connectivity index (χ2n) is 4.91. The molecular formula is C17H18FNO2. The molecule has 2 aromatic carbocycles. The molecule has 1 N–H and O–H groups in total. The Morgan fingerprint density at radius 1 is 1.24 bits per heavy atom. The number of aromatic carboxylic acids is 1. The van der Waals surface area contributed by atoms with Gasteiger partial charge >= 0.3 is 5.97 Å². The van der Waals surface area contributed by atoms with Crippen molar-refractivity contribution in [1.29, 1.82) is 0 Å². The van der Waals surface area contributed by atoms with Crippen LogP contribution in [0.2, 0.25) is 0 Å². The summed E-state index contributed by atoms with van der Waals surface area (Å²) in [4.78, 5) is 12.9. The monoisotopic (exact) mass is 287 g/mol. The van der Waals surface area contributed by atoms with E-state index in [9.17, 15) is 9.18 Å². The Labute approximate surface area is 123 Å². The lowest BCUT2D eigenvalue weighted by molar-refractivity contribution is 0.0697. The highest BCUT2D eigenvalue weighted by molar-refractivity contribution is 5.87. The first kappa shape index (κ1) is 15.0. The van der Waals surface area contributed by atoms with Gasteiger partial charge < -0.3 is 10.0 Å². The molecule has 0 aliphatic rings. The number of carboxylic acid groups (broad SMARTS) is 1. The van der Waals surface area contributed by atoms with Gasteiger partial charge in [-0.15, -0.1) is 0 Å². The molecule has 21 heavy (non-hydrogen) atoms. The number of anilines is 1. The van der Waals surface area contributed by atoms with Crippen LogP contribution in [-0.4, -0.2) is 17.6 Å². The van der Waals surface area contributed by atoms with Gasteiger partial charge in [0.15, 0.2) is 0 Å². The molecule has 0 spiro atoms. The van der Waals surface area contributed by atoms with Crippen LogP contribution in [0.5, 0.6) is 0 Å². The molecule has 3 nitrogen and oxygen atoms in total. The van der Waals surface area contributed by atoms with E-state index in [1.54, 1.807) is 30.3 Å². The fraction of sp³-hybridized carbons (Fsp3) is 0.235. The molecule has 0 heterocycles. The number of nitrogens with zero attached hydrogens (tertiary/aromatic N) is 1. The number of carboxylic acids is 1. The highest BCUT2D eigenvalue weighted by atomic mass is 19.1. The van der Waals surface area contributed by atoms with Crippen LogP contribution < -0.4 is 4.90 Å². The van der Waals surface area contributed by atoms with Crippen molar-refractivity contribution in [3.05, 3.63) is 65.0 Å². The van der Waals surface area contributed by atoms with Crippen LogP contribution in [0, 0.1) is 12.7 Å². The minimum atomic E-state index is -0.939. The lowest BCUT2D eigenvalue weighted by atomic mass is 10.0. The van der Waals surface area contributed by atoms with Crippen molar-refractivity contribution in [3.63, 3.8) is 0 Å². The number of carbonyl (C=O) groups is 1. The molecule has 0 aliphatic carbocycles. The number of halogens is 1. The third kappa shape index (κ3) is 3.40. The number of hydrogen-bond donors (Lipinski definition) is 1. The van der Waals surface area contributed by atoms with Crippen LogP contribution in [0.15, 0.2) is 42.5 Å². The first-order valence-corrected chi connectivity index (χ1v) is 6.85. The summed E-state index contributed by atoms with van der Waals surface area (Å²) in [5.74, 6) is -1.19. The first-order valence-electron chi connectivity index (χ1n) is 6.85. The van der Waals surface area contributed by atoms with Crippen LogP contribution in [0.3, 0.4) is 0 Å². The lowest BCUT2D eigenvalue weighted by Crippen LogP contribution is -2.23. The van der Waals surface area contributed by atoms with Gasteiger partial charge in [-0.1, -0.05) is 18.2 Å². The lowest BCUT2D eigenvalue weighted by Gasteiger charge is -2.24. The highest BCUT2D eigenvalue weighted by Gasteiger charge is 2.12. The van der Waals surface area contributed by atoms with Gasteiger partial charge in [0.1, 0.15) is 5.82 Å². The van der Waals surface area contributed by atoms with Gasteiger partial charge in [-0.3, -0.25) is 0 Å². The summed E-state index contributed by atoms with van der Waals surface area (Å²) in [7, 11) is 0. The van der Waals surface area contributed by atoms with E-state index < -0.39 is 5.97 Å². The van der Waals surface area contributed by atoms with E-state index in [-0.39, 0.29) is 11.4 Å². The predicted molar refractivity (Wildman–Crippen MR) is 81.3 cm³/mol. The van der Waals surface area contributed by atoms with E-state index in [0.29, 0.717) is 18.8 Å². The van der Waals surface area contributed by atoms with Crippen molar-refractivity contribution in [3.8, 4) is 0 Å². The number of rotatable bonds is 5. The zero-order chi connectivity index (χ0) is 15.4.